The second-order valence-electron chi connectivity index (χ2n) is 7.10. The van der Waals surface area contributed by atoms with E-state index in [1.165, 1.54) is 21.1 Å². The van der Waals surface area contributed by atoms with Crippen molar-refractivity contribution in [3.05, 3.63) is 0 Å². The van der Waals surface area contributed by atoms with Gasteiger partial charge in [-0.05, 0) is 0 Å². The zero-order valence-electron chi connectivity index (χ0n) is 15.1. The van der Waals surface area contributed by atoms with E-state index in [-0.39, 0.29) is 0 Å². The molecule has 0 nitrogen and oxygen atoms in total. The second-order valence-corrected chi connectivity index (χ2v) is 10.1. The maximum atomic E-state index is 2.31. The molecular formula is C16H36Al2Te2. The zero-order chi connectivity index (χ0) is 16.6. The Kier molecular flexibility index (Phi) is 29.7. The van der Waals surface area contributed by atoms with Crippen molar-refractivity contribution >= 4 is 67.3 Å². The van der Waals surface area contributed by atoms with Crippen LogP contribution in [-0.2, 0) is 0 Å². The Bertz CT molecular complexity index is 127. The first-order valence-electron chi connectivity index (χ1n) is 8.05. The monoisotopic (exact) mass is 542 g/mol. The van der Waals surface area contributed by atoms with Crippen LogP contribution in [0.2, 0.25) is 21.1 Å². The van der Waals surface area contributed by atoms with Gasteiger partial charge in [0.15, 0.2) is 0 Å². The summed E-state index contributed by atoms with van der Waals surface area (Å²) in [6.07, 6.45) is 0. The number of hydrogen-bond donors (Lipinski definition) is 0. The summed E-state index contributed by atoms with van der Waals surface area (Å²) in [5, 5.41) is 5.94. The van der Waals surface area contributed by atoms with Crippen molar-refractivity contribution in [1.29, 1.82) is 0 Å². The first-order valence-corrected chi connectivity index (χ1v) is 18.7. The molecule has 118 valence electrons. The predicted molar refractivity (Wildman–Crippen MR) is 102 cm³/mol. The van der Waals surface area contributed by atoms with Gasteiger partial charge in [-0.15, -0.1) is 21.1 Å². The van der Waals surface area contributed by atoms with Crippen molar-refractivity contribution in [2.24, 2.45) is 23.7 Å². The van der Waals surface area contributed by atoms with Crippen LogP contribution in [0.4, 0.5) is 0 Å². The third kappa shape index (κ3) is 37.1. The van der Waals surface area contributed by atoms with Gasteiger partial charge in [-0.3, -0.25) is 0 Å². The Balaban J connectivity index is -0.000000257. The van der Waals surface area contributed by atoms with Crippen molar-refractivity contribution < 1.29 is 0 Å². The normalized spacial score (nSPS) is 10.1. The van der Waals surface area contributed by atoms with Gasteiger partial charge in [-0.25, -0.2) is 0 Å². The summed E-state index contributed by atoms with van der Waals surface area (Å²) in [5.41, 5.74) is 0. The van der Waals surface area contributed by atoms with Crippen LogP contribution in [0.5, 0.6) is 0 Å². The number of rotatable bonds is 8. The van der Waals surface area contributed by atoms with Crippen LogP contribution in [0.25, 0.3) is 0 Å². The van der Waals surface area contributed by atoms with Gasteiger partial charge in [0.25, 0.3) is 0 Å². The molecule has 0 aromatic rings. The van der Waals surface area contributed by atoms with Crippen molar-refractivity contribution in [2.75, 3.05) is 0 Å². The molecular weight excluding hydrogens is 501 g/mol. The summed E-state index contributed by atoms with van der Waals surface area (Å²) in [6.45, 7) is 18.5. The molecule has 0 atom stereocenters. The van der Waals surface area contributed by atoms with Crippen molar-refractivity contribution in [2.45, 2.75) is 76.5 Å². The molecule has 0 N–H and O–H groups in total. The summed E-state index contributed by atoms with van der Waals surface area (Å²) >= 11 is 5.43. The first kappa shape index (κ1) is 27.5. The minimum absolute atomic E-state index is 0.755. The van der Waals surface area contributed by atoms with E-state index in [0.717, 1.165) is 54.1 Å². The van der Waals surface area contributed by atoms with E-state index < -0.39 is 0 Å². The zero-order valence-corrected chi connectivity index (χ0v) is 22.1. The first-order chi connectivity index (χ1) is 9.25. The van der Waals surface area contributed by atoms with Crippen molar-refractivity contribution in [3.8, 4) is 0 Å². The molecule has 0 heterocycles. The van der Waals surface area contributed by atoms with Crippen LogP contribution in [-0.4, -0.2) is 67.3 Å². The molecule has 0 spiro atoms. The van der Waals surface area contributed by atoms with Crippen LogP contribution in [0, 0.1) is 23.7 Å². The predicted octanol–water partition coefficient (Wildman–Crippen LogP) is 4.92. The van der Waals surface area contributed by atoms with Crippen LogP contribution in [0.1, 0.15) is 55.4 Å². The summed E-state index contributed by atoms with van der Waals surface area (Å²) in [4.78, 5) is 0. The van der Waals surface area contributed by atoms with Gasteiger partial charge in [-0.1, -0.05) is 79.1 Å². The average Bonchev–Trinajstić information content (AvgIpc) is 2.30. The summed E-state index contributed by atoms with van der Waals surface area (Å²) in [7, 11) is 0. The Labute approximate surface area is 165 Å². The Hall–Kier alpha value is 2.64. The average molecular weight is 538 g/mol. The fourth-order valence-electron chi connectivity index (χ4n) is 1.53. The molecule has 0 rings (SSSR count). The van der Waals surface area contributed by atoms with Crippen LogP contribution in [0.15, 0.2) is 0 Å². The Morgan fingerprint density at radius 2 is 0.650 bits per heavy atom. The molecule has 0 aromatic carbocycles. The SMILES string of the molecule is CC(C)[CH2][Al][CH2]C(C)C.CC(C)[CH2][Al][CH2]C(C)C.[Te][Te]. The molecule has 0 aliphatic rings. The molecule has 0 amide bonds. The van der Waals surface area contributed by atoms with Gasteiger partial charge in [0.2, 0.25) is 30.4 Å². The summed E-state index contributed by atoms with van der Waals surface area (Å²) < 4.78 is 0. The third-order valence-electron chi connectivity index (χ3n) is 2.55. The van der Waals surface area contributed by atoms with E-state index in [4.69, 9.17) is 0 Å². The van der Waals surface area contributed by atoms with E-state index >= 15 is 0 Å². The van der Waals surface area contributed by atoms with Crippen LogP contribution in [0.3, 0.4) is 0 Å². The molecule has 20 heavy (non-hydrogen) atoms. The summed E-state index contributed by atoms with van der Waals surface area (Å²) in [6, 6.07) is 0. The van der Waals surface area contributed by atoms with Crippen molar-refractivity contribution in [1.82, 2.24) is 0 Å². The minimum atomic E-state index is 0.755. The molecule has 0 unspecified atom stereocenters. The molecule has 0 saturated carbocycles. The quantitative estimate of drug-likeness (QED) is 0.386. The van der Waals surface area contributed by atoms with Gasteiger partial charge in [-0.2, -0.15) is 0 Å². The van der Waals surface area contributed by atoms with E-state index in [2.05, 4.69) is 55.4 Å². The molecule has 0 aliphatic carbocycles. The fraction of sp³-hybridized carbons (Fsp3) is 1.00. The van der Waals surface area contributed by atoms with E-state index in [1.54, 1.807) is 0 Å². The van der Waals surface area contributed by atoms with Gasteiger partial charge >= 0.3 is 36.9 Å². The van der Waals surface area contributed by atoms with Gasteiger partial charge in [0.05, 0.1) is 0 Å². The van der Waals surface area contributed by atoms with E-state index in [0.29, 0.717) is 0 Å². The topological polar surface area (TPSA) is 0 Å². The Morgan fingerprint density at radius 3 is 0.750 bits per heavy atom. The molecule has 4 heteroatoms. The molecule has 0 aliphatic heterocycles. The molecule has 0 fully saturated rings. The van der Waals surface area contributed by atoms with E-state index in [1.807, 2.05) is 36.9 Å². The number of hydrogen-bond acceptors (Lipinski definition) is 0. The van der Waals surface area contributed by atoms with Crippen LogP contribution >= 0.6 is 0 Å². The third-order valence-corrected chi connectivity index (χ3v) is 7.66. The fourth-order valence-corrected chi connectivity index (χ4v) is 4.58. The van der Waals surface area contributed by atoms with E-state index in [9.17, 15) is 0 Å². The van der Waals surface area contributed by atoms with Gasteiger partial charge in [0.1, 0.15) is 0 Å². The van der Waals surface area contributed by atoms with Crippen LogP contribution < -0.4 is 0 Å². The molecule has 0 bridgehead atoms. The molecule has 0 saturated heterocycles. The molecule has 0 aromatic heterocycles. The summed E-state index contributed by atoms with van der Waals surface area (Å²) in [5.74, 6) is 3.72. The maximum absolute atomic E-state index is 2.31. The van der Waals surface area contributed by atoms with Gasteiger partial charge in [0, 0.05) is 0 Å². The second kappa shape index (κ2) is 21.6. The Morgan fingerprint density at radius 1 is 0.500 bits per heavy atom. The standard InChI is InChI=1S/4C4H9.2Al.Te2/c4*1-4(2)3;;;1-2/h4*4H,1H2,2-3H3;;;. The molecule has 4 radical (unpaired) electrons. The van der Waals surface area contributed by atoms with Gasteiger partial charge < -0.3 is 0 Å². The van der Waals surface area contributed by atoms with Crippen molar-refractivity contribution in [3.63, 3.8) is 0 Å².